The highest BCUT2D eigenvalue weighted by atomic mass is 32.1. The third-order valence-electron chi connectivity index (χ3n) is 4.52. The zero-order valence-corrected chi connectivity index (χ0v) is 17.6. The summed E-state index contributed by atoms with van der Waals surface area (Å²) in [5.74, 6) is 0.744. The van der Waals surface area contributed by atoms with E-state index < -0.39 is 0 Å². The number of carbonyl (C=O) groups is 1. The molecular weight excluding hydrogens is 392 g/mol. The Labute approximate surface area is 172 Å². The highest BCUT2D eigenvalue weighted by molar-refractivity contribution is 7.17. The molecule has 1 amide bonds. The highest BCUT2D eigenvalue weighted by Crippen LogP contribution is 2.30. The number of aromatic nitrogens is 2. The summed E-state index contributed by atoms with van der Waals surface area (Å²) in [6, 6.07) is 5.85. The van der Waals surface area contributed by atoms with Gasteiger partial charge in [0.2, 0.25) is 0 Å². The van der Waals surface area contributed by atoms with Crippen molar-refractivity contribution in [3.05, 3.63) is 45.7 Å². The van der Waals surface area contributed by atoms with E-state index in [1.54, 1.807) is 17.5 Å². The van der Waals surface area contributed by atoms with E-state index in [0.717, 1.165) is 35.2 Å². The van der Waals surface area contributed by atoms with Crippen LogP contribution in [0.1, 0.15) is 29.2 Å². The molecule has 2 unspecified atom stereocenters. The van der Waals surface area contributed by atoms with Crippen LogP contribution in [0.2, 0.25) is 0 Å². The van der Waals surface area contributed by atoms with Crippen LogP contribution in [-0.4, -0.2) is 41.2 Å². The number of aryl methyl sites for hydroxylation is 1. The van der Waals surface area contributed by atoms with Gasteiger partial charge in [0.15, 0.2) is 0 Å². The second-order valence-electron chi connectivity index (χ2n) is 6.97. The average molecular weight is 415 g/mol. The van der Waals surface area contributed by atoms with Crippen LogP contribution in [0.25, 0.3) is 10.6 Å². The molecular formula is C20H22N4O2S2. The van der Waals surface area contributed by atoms with Crippen molar-refractivity contribution in [2.45, 2.75) is 33.0 Å². The van der Waals surface area contributed by atoms with Crippen molar-refractivity contribution in [1.29, 1.82) is 0 Å². The molecule has 0 radical (unpaired) electrons. The van der Waals surface area contributed by atoms with Crippen LogP contribution in [0.4, 0.5) is 11.5 Å². The molecule has 0 spiro atoms. The van der Waals surface area contributed by atoms with E-state index in [9.17, 15) is 4.79 Å². The van der Waals surface area contributed by atoms with E-state index in [1.807, 2.05) is 35.9 Å². The first-order valence-electron chi connectivity index (χ1n) is 9.17. The van der Waals surface area contributed by atoms with Crippen LogP contribution in [0, 0.1) is 6.92 Å². The van der Waals surface area contributed by atoms with Crippen molar-refractivity contribution in [2.75, 3.05) is 23.3 Å². The van der Waals surface area contributed by atoms with Crippen LogP contribution in [0.3, 0.4) is 0 Å². The number of ether oxygens (including phenoxy) is 1. The number of thiazole rings is 1. The van der Waals surface area contributed by atoms with Crippen molar-refractivity contribution in [3.8, 4) is 10.6 Å². The fourth-order valence-electron chi connectivity index (χ4n) is 3.32. The topological polar surface area (TPSA) is 67.4 Å². The molecule has 0 saturated carbocycles. The van der Waals surface area contributed by atoms with Crippen LogP contribution in [-0.2, 0) is 4.74 Å². The molecule has 1 fully saturated rings. The fraction of sp³-hybridized carbons (Fsp3) is 0.350. The van der Waals surface area contributed by atoms with Gasteiger partial charge in [-0.15, -0.1) is 11.3 Å². The molecule has 2 atom stereocenters. The van der Waals surface area contributed by atoms with Gasteiger partial charge in [0.25, 0.3) is 5.91 Å². The summed E-state index contributed by atoms with van der Waals surface area (Å²) in [6.07, 6.45) is 2.06. The lowest BCUT2D eigenvalue weighted by molar-refractivity contribution is -0.00545. The normalized spacial score (nSPS) is 19.6. The molecule has 146 valence electrons. The Bertz CT molecular complexity index is 943. The van der Waals surface area contributed by atoms with Crippen molar-refractivity contribution in [1.82, 2.24) is 9.97 Å². The molecule has 8 heteroatoms. The first-order valence-corrected chi connectivity index (χ1v) is 10.9. The van der Waals surface area contributed by atoms with E-state index in [-0.39, 0.29) is 18.1 Å². The minimum absolute atomic E-state index is 0.153. The lowest BCUT2D eigenvalue weighted by Gasteiger charge is -2.36. The van der Waals surface area contributed by atoms with Gasteiger partial charge >= 0.3 is 0 Å². The minimum Gasteiger partial charge on any atom is -0.372 e. The van der Waals surface area contributed by atoms with Crippen molar-refractivity contribution in [3.63, 3.8) is 0 Å². The number of anilines is 2. The molecule has 0 aromatic carbocycles. The fourth-order valence-corrected chi connectivity index (χ4v) is 4.99. The maximum absolute atomic E-state index is 12.7. The smallest absolute Gasteiger partial charge is 0.267 e. The summed E-state index contributed by atoms with van der Waals surface area (Å²) in [5.41, 5.74) is 2.47. The molecule has 4 rings (SSSR count). The van der Waals surface area contributed by atoms with Gasteiger partial charge in [0.1, 0.15) is 15.7 Å². The lowest BCUT2D eigenvalue weighted by atomic mass is 10.2. The Hall–Kier alpha value is -2.29. The highest BCUT2D eigenvalue weighted by Gasteiger charge is 2.23. The van der Waals surface area contributed by atoms with Gasteiger partial charge in [-0.3, -0.25) is 4.79 Å². The lowest BCUT2D eigenvalue weighted by Crippen LogP contribution is -2.45. The number of amides is 1. The van der Waals surface area contributed by atoms with Crippen molar-refractivity contribution in [2.24, 2.45) is 0 Å². The van der Waals surface area contributed by atoms with Gasteiger partial charge in [0.05, 0.1) is 29.8 Å². The minimum atomic E-state index is -0.153. The second kappa shape index (κ2) is 7.98. The maximum atomic E-state index is 12.7. The van der Waals surface area contributed by atoms with Crippen LogP contribution in [0.5, 0.6) is 0 Å². The molecule has 1 N–H and O–H groups in total. The first kappa shape index (κ1) is 19.0. The molecule has 3 aromatic rings. The average Bonchev–Trinajstić information content (AvgIpc) is 3.31. The van der Waals surface area contributed by atoms with Crippen LogP contribution >= 0.6 is 22.7 Å². The predicted molar refractivity (Wildman–Crippen MR) is 115 cm³/mol. The number of morpholine rings is 1. The SMILES string of the molecule is Cc1nc(-c2ccsc2)sc1C(=O)Nc1ccc(N2CC(C)OC(C)C2)nc1. The largest absolute Gasteiger partial charge is 0.372 e. The van der Waals surface area contributed by atoms with Crippen molar-refractivity contribution < 1.29 is 9.53 Å². The Kier molecular flexibility index (Phi) is 5.43. The molecule has 6 nitrogen and oxygen atoms in total. The zero-order chi connectivity index (χ0) is 19.7. The Morgan fingerprint density at radius 3 is 2.68 bits per heavy atom. The molecule has 3 aromatic heterocycles. The van der Waals surface area contributed by atoms with E-state index in [0.29, 0.717) is 10.6 Å². The zero-order valence-electron chi connectivity index (χ0n) is 16.0. The third-order valence-corrected chi connectivity index (χ3v) is 6.41. The Balaban J connectivity index is 1.45. The van der Waals surface area contributed by atoms with Gasteiger partial charge in [-0.2, -0.15) is 11.3 Å². The number of rotatable bonds is 4. The molecule has 0 bridgehead atoms. The summed E-state index contributed by atoms with van der Waals surface area (Å²) in [6.45, 7) is 7.63. The monoisotopic (exact) mass is 414 g/mol. The summed E-state index contributed by atoms with van der Waals surface area (Å²) < 4.78 is 5.77. The van der Waals surface area contributed by atoms with Gasteiger partial charge in [-0.25, -0.2) is 9.97 Å². The number of hydrogen-bond acceptors (Lipinski definition) is 7. The summed E-state index contributed by atoms with van der Waals surface area (Å²) in [7, 11) is 0. The molecule has 0 aliphatic carbocycles. The second-order valence-corrected chi connectivity index (χ2v) is 8.75. The van der Waals surface area contributed by atoms with E-state index in [2.05, 4.69) is 34.0 Å². The number of hydrogen-bond donors (Lipinski definition) is 1. The standard InChI is InChI=1S/C20H22N4O2S2/c1-12-9-24(10-13(2)26-12)17-5-4-16(8-21-17)23-19(25)18-14(3)22-20(28-18)15-6-7-27-11-15/h4-8,11-13H,9-10H2,1-3H3,(H,23,25). The Morgan fingerprint density at radius 1 is 1.25 bits per heavy atom. The van der Waals surface area contributed by atoms with Gasteiger partial charge < -0.3 is 15.0 Å². The maximum Gasteiger partial charge on any atom is 0.267 e. The van der Waals surface area contributed by atoms with Crippen molar-refractivity contribution >= 4 is 40.1 Å². The molecule has 1 saturated heterocycles. The first-order chi connectivity index (χ1) is 13.5. The molecule has 4 heterocycles. The van der Waals surface area contributed by atoms with Gasteiger partial charge in [-0.05, 0) is 44.4 Å². The Morgan fingerprint density at radius 2 is 2.04 bits per heavy atom. The summed E-state index contributed by atoms with van der Waals surface area (Å²) >= 11 is 3.03. The number of pyridine rings is 1. The van der Waals surface area contributed by atoms with Gasteiger partial charge in [0, 0.05) is 24.0 Å². The summed E-state index contributed by atoms with van der Waals surface area (Å²) in [4.78, 5) is 24.6. The van der Waals surface area contributed by atoms with E-state index >= 15 is 0 Å². The number of nitrogens with zero attached hydrogens (tertiary/aromatic N) is 3. The third kappa shape index (κ3) is 4.09. The number of nitrogens with one attached hydrogen (secondary N) is 1. The quantitative estimate of drug-likeness (QED) is 0.684. The number of thiophene rings is 1. The molecule has 1 aliphatic rings. The van der Waals surface area contributed by atoms with E-state index in [4.69, 9.17) is 4.74 Å². The number of carbonyl (C=O) groups excluding carboxylic acids is 1. The summed E-state index contributed by atoms with van der Waals surface area (Å²) in [5, 5.41) is 7.85. The van der Waals surface area contributed by atoms with Gasteiger partial charge in [-0.1, -0.05) is 0 Å². The van der Waals surface area contributed by atoms with E-state index in [1.165, 1.54) is 11.3 Å². The molecule has 28 heavy (non-hydrogen) atoms. The van der Waals surface area contributed by atoms with Crippen LogP contribution < -0.4 is 10.2 Å². The van der Waals surface area contributed by atoms with Crippen LogP contribution in [0.15, 0.2) is 35.2 Å². The predicted octanol–water partition coefficient (Wildman–Crippen LogP) is 4.44. The molecule has 1 aliphatic heterocycles.